The number of halogens is 2. The molecule has 3 aromatic carbocycles. The van der Waals surface area contributed by atoms with Crippen LogP contribution in [0.1, 0.15) is 12.0 Å². The van der Waals surface area contributed by atoms with Gasteiger partial charge in [-0.1, -0.05) is 71.4 Å². The zero-order chi connectivity index (χ0) is 22.5. The number of hydrogen-bond donors (Lipinski definition) is 1. The average molecular weight is 484 g/mol. The lowest BCUT2D eigenvalue weighted by atomic mass is 10.2. The van der Waals surface area contributed by atoms with E-state index in [1.165, 1.54) is 11.8 Å². The Morgan fingerprint density at radius 3 is 2.47 bits per heavy atom. The summed E-state index contributed by atoms with van der Waals surface area (Å²) in [4.78, 5) is 32.3. The Balaban J connectivity index is 1.59. The van der Waals surface area contributed by atoms with Crippen molar-refractivity contribution in [1.82, 2.24) is 4.90 Å². The van der Waals surface area contributed by atoms with E-state index in [1.54, 1.807) is 53.4 Å². The second kappa shape index (κ2) is 10.2. The second-order valence-electron chi connectivity index (χ2n) is 7.15. The van der Waals surface area contributed by atoms with Gasteiger partial charge in [-0.3, -0.25) is 14.5 Å². The van der Waals surface area contributed by atoms with Crippen LogP contribution in [0.4, 0.5) is 11.4 Å². The molecule has 1 fully saturated rings. The first-order valence-corrected chi connectivity index (χ1v) is 11.5. The molecule has 4 rings (SSSR count). The van der Waals surface area contributed by atoms with Crippen LogP contribution in [0, 0.1) is 0 Å². The number of aliphatic imine (C=N–C) groups is 1. The van der Waals surface area contributed by atoms with Crippen molar-refractivity contribution in [3.05, 3.63) is 94.5 Å². The van der Waals surface area contributed by atoms with Gasteiger partial charge in [-0.25, -0.2) is 4.99 Å². The van der Waals surface area contributed by atoms with Crippen molar-refractivity contribution in [3.63, 3.8) is 0 Å². The third-order valence-corrected chi connectivity index (χ3v) is 6.43. The van der Waals surface area contributed by atoms with Crippen LogP contribution in [0.2, 0.25) is 10.0 Å². The predicted molar refractivity (Wildman–Crippen MR) is 132 cm³/mol. The molecular weight excluding hydrogens is 465 g/mol. The van der Waals surface area contributed by atoms with Gasteiger partial charge in [0.1, 0.15) is 5.25 Å². The molecule has 2 amide bonds. The highest BCUT2D eigenvalue weighted by Crippen LogP contribution is 2.31. The van der Waals surface area contributed by atoms with Crippen molar-refractivity contribution in [2.45, 2.75) is 18.2 Å². The van der Waals surface area contributed by atoms with Crippen LogP contribution in [0.15, 0.2) is 83.9 Å². The van der Waals surface area contributed by atoms with Gasteiger partial charge in [-0.15, -0.1) is 0 Å². The lowest BCUT2D eigenvalue weighted by Crippen LogP contribution is -2.44. The minimum absolute atomic E-state index is 0.0730. The summed E-state index contributed by atoms with van der Waals surface area (Å²) in [5.74, 6) is -0.430. The van der Waals surface area contributed by atoms with Crippen molar-refractivity contribution < 1.29 is 9.59 Å². The summed E-state index contributed by atoms with van der Waals surface area (Å²) in [6, 6.07) is 23.6. The average Bonchev–Trinajstić information content (AvgIpc) is 2.78. The minimum atomic E-state index is -0.612. The molecule has 5 nitrogen and oxygen atoms in total. The van der Waals surface area contributed by atoms with E-state index in [0.29, 0.717) is 33.1 Å². The molecule has 162 valence electrons. The fourth-order valence-corrected chi connectivity index (χ4v) is 4.59. The molecule has 1 heterocycles. The van der Waals surface area contributed by atoms with Gasteiger partial charge in [-0.2, -0.15) is 0 Å². The Bertz CT molecular complexity index is 1150. The molecule has 1 aliphatic heterocycles. The number of thioether (sulfide) groups is 1. The number of nitrogens with zero attached hydrogens (tertiary/aromatic N) is 2. The van der Waals surface area contributed by atoms with Gasteiger partial charge < -0.3 is 5.32 Å². The van der Waals surface area contributed by atoms with Crippen molar-refractivity contribution in [2.24, 2.45) is 4.99 Å². The van der Waals surface area contributed by atoms with Gasteiger partial charge in [0, 0.05) is 22.2 Å². The van der Waals surface area contributed by atoms with Crippen LogP contribution < -0.4 is 5.32 Å². The van der Waals surface area contributed by atoms with E-state index in [0.717, 1.165) is 5.56 Å². The highest BCUT2D eigenvalue weighted by molar-refractivity contribution is 8.15. The lowest BCUT2D eigenvalue weighted by Gasteiger charge is -2.32. The standard InChI is InChI=1S/C24H19Cl2N3O2S/c25-17-9-11-19(12-10-17)28-24-29(15-16-5-2-1-3-6-16)22(30)14-21(32-24)23(31)27-20-8-4-7-18(26)13-20/h1-13,21H,14-15H2,(H,27,31). The number of hydrogen-bond acceptors (Lipinski definition) is 4. The molecule has 0 aromatic heterocycles. The smallest absolute Gasteiger partial charge is 0.238 e. The van der Waals surface area contributed by atoms with Gasteiger partial charge in [0.05, 0.1) is 12.2 Å². The molecule has 32 heavy (non-hydrogen) atoms. The Hall–Kier alpha value is -2.80. The SMILES string of the molecule is O=C(Nc1cccc(Cl)c1)C1CC(=O)N(Cc2ccccc2)C(=Nc2ccc(Cl)cc2)S1. The van der Waals surface area contributed by atoms with Crippen molar-refractivity contribution in [1.29, 1.82) is 0 Å². The number of benzene rings is 3. The summed E-state index contributed by atoms with van der Waals surface area (Å²) in [6.07, 6.45) is 0.0730. The Morgan fingerprint density at radius 2 is 1.75 bits per heavy atom. The molecule has 0 aliphatic carbocycles. The quantitative estimate of drug-likeness (QED) is 0.472. The molecule has 1 N–H and O–H groups in total. The zero-order valence-corrected chi connectivity index (χ0v) is 19.2. The molecule has 0 radical (unpaired) electrons. The van der Waals surface area contributed by atoms with Gasteiger partial charge in [0.2, 0.25) is 11.8 Å². The summed E-state index contributed by atoms with van der Waals surface area (Å²) in [7, 11) is 0. The maximum Gasteiger partial charge on any atom is 0.238 e. The molecule has 3 aromatic rings. The molecule has 8 heteroatoms. The van der Waals surface area contributed by atoms with E-state index in [1.807, 2.05) is 30.3 Å². The summed E-state index contributed by atoms with van der Waals surface area (Å²) in [6.45, 7) is 0.377. The van der Waals surface area contributed by atoms with Gasteiger partial charge in [-0.05, 0) is 48.0 Å². The third kappa shape index (κ3) is 5.71. The largest absolute Gasteiger partial charge is 0.325 e. The number of rotatable bonds is 5. The van der Waals surface area contributed by atoms with Crippen molar-refractivity contribution in [2.75, 3.05) is 5.32 Å². The molecule has 1 saturated heterocycles. The van der Waals surface area contributed by atoms with E-state index in [9.17, 15) is 9.59 Å². The fraction of sp³-hybridized carbons (Fsp3) is 0.125. The lowest BCUT2D eigenvalue weighted by molar-refractivity contribution is -0.129. The molecule has 1 aliphatic rings. The first-order valence-electron chi connectivity index (χ1n) is 9.89. The maximum atomic E-state index is 13.1. The molecule has 1 unspecified atom stereocenters. The monoisotopic (exact) mass is 483 g/mol. The Kier molecular flexibility index (Phi) is 7.15. The Morgan fingerprint density at radius 1 is 1.00 bits per heavy atom. The van der Waals surface area contributed by atoms with Gasteiger partial charge in [0.25, 0.3) is 0 Å². The van der Waals surface area contributed by atoms with E-state index in [4.69, 9.17) is 23.2 Å². The maximum absolute atomic E-state index is 13.1. The molecule has 0 saturated carbocycles. The summed E-state index contributed by atoms with van der Waals surface area (Å²) in [5.41, 5.74) is 2.21. The second-order valence-corrected chi connectivity index (χ2v) is 9.19. The number of amidine groups is 1. The van der Waals surface area contributed by atoms with Crippen LogP contribution in [0.3, 0.4) is 0 Å². The summed E-state index contributed by atoms with van der Waals surface area (Å²) >= 11 is 13.3. The number of amides is 2. The van der Waals surface area contributed by atoms with E-state index in [-0.39, 0.29) is 18.2 Å². The van der Waals surface area contributed by atoms with Gasteiger partial charge in [0.15, 0.2) is 5.17 Å². The number of anilines is 1. The topological polar surface area (TPSA) is 61.8 Å². The van der Waals surface area contributed by atoms with Crippen LogP contribution in [0.5, 0.6) is 0 Å². The van der Waals surface area contributed by atoms with Crippen LogP contribution in [-0.2, 0) is 16.1 Å². The van der Waals surface area contributed by atoms with Crippen molar-refractivity contribution >= 4 is 63.3 Å². The van der Waals surface area contributed by atoms with E-state index >= 15 is 0 Å². The highest BCUT2D eigenvalue weighted by Gasteiger charge is 2.36. The first kappa shape index (κ1) is 22.4. The van der Waals surface area contributed by atoms with E-state index < -0.39 is 5.25 Å². The molecule has 0 spiro atoms. The molecule has 0 bridgehead atoms. The van der Waals surface area contributed by atoms with Crippen LogP contribution in [0.25, 0.3) is 0 Å². The number of nitrogens with one attached hydrogen (secondary N) is 1. The zero-order valence-electron chi connectivity index (χ0n) is 16.9. The Labute approximate surface area is 200 Å². The minimum Gasteiger partial charge on any atom is -0.325 e. The van der Waals surface area contributed by atoms with E-state index in [2.05, 4.69) is 10.3 Å². The first-order chi connectivity index (χ1) is 15.5. The van der Waals surface area contributed by atoms with Crippen LogP contribution in [-0.4, -0.2) is 27.1 Å². The number of carbonyl (C=O) groups is 2. The summed E-state index contributed by atoms with van der Waals surface area (Å²) in [5, 5.41) is 3.82. The third-order valence-electron chi connectivity index (χ3n) is 4.76. The van der Waals surface area contributed by atoms with Crippen LogP contribution >= 0.6 is 35.0 Å². The van der Waals surface area contributed by atoms with Gasteiger partial charge >= 0.3 is 0 Å². The highest BCUT2D eigenvalue weighted by atomic mass is 35.5. The molecular formula is C24H19Cl2N3O2S. The fourth-order valence-electron chi connectivity index (χ4n) is 3.18. The normalized spacial score (nSPS) is 17.4. The molecule has 1 atom stereocenters. The predicted octanol–water partition coefficient (Wildman–Crippen LogP) is 6.15. The summed E-state index contributed by atoms with van der Waals surface area (Å²) < 4.78 is 0. The van der Waals surface area contributed by atoms with Crippen molar-refractivity contribution in [3.8, 4) is 0 Å². The number of carbonyl (C=O) groups excluding carboxylic acids is 2.